The van der Waals surface area contributed by atoms with E-state index in [1.165, 1.54) is 12.4 Å². The number of aryl methyl sites for hydroxylation is 1. The average Bonchev–Trinajstić information content (AvgIpc) is 2.50. The quantitative estimate of drug-likeness (QED) is 0.428. The molecule has 0 bridgehead atoms. The van der Waals surface area contributed by atoms with E-state index in [1.807, 2.05) is 0 Å². The molecular formula is C14H22N4O3. The molecular weight excluding hydrogens is 272 g/mol. The minimum Gasteiger partial charge on any atom is -0.342 e. The fraction of sp³-hybridized carbons (Fsp3) is 0.571. The third kappa shape index (κ3) is 6.31. The molecule has 0 saturated heterocycles. The van der Waals surface area contributed by atoms with Gasteiger partial charge in [0.25, 0.3) is 5.91 Å². The van der Waals surface area contributed by atoms with Crippen LogP contribution in [0.3, 0.4) is 0 Å². The molecule has 2 N–H and O–H groups in total. The molecule has 0 aliphatic carbocycles. The summed E-state index contributed by atoms with van der Waals surface area (Å²) in [6.07, 6.45) is 6.82. The van der Waals surface area contributed by atoms with E-state index in [4.69, 9.17) is 5.21 Å². The first-order valence-corrected chi connectivity index (χ1v) is 7.01. The number of hydrogen-bond acceptors (Lipinski definition) is 5. The highest BCUT2D eigenvalue weighted by atomic mass is 16.5. The van der Waals surface area contributed by atoms with Gasteiger partial charge in [-0.1, -0.05) is 12.8 Å². The zero-order valence-corrected chi connectivity index (χ0v) is 12.5. The minimum absolute atomic E-state index is 0.0883. The lowest BCUT2D eigenvalue weighted by atomic mass is 10.1. The maximum Gasteiger partial charge on any atom is 0.256 e. The van der Waals surface area contributed by atoms with Gasteiger partial charge in [-0.2, -0.15) is 0 Å². The van der Waals surface area contributed by atoms with Crippen molar-refractivity contribution in [3.05, 3.63) is 23.8 Å². The standard InChI is InChI=1S/C14H22N4O3/c1-11-15-9-12(10-16-11)14(20)18(2)8-6-4-3-5-7-13(19)17-21/h9-10,21H,3-8H2,1-2H3,(H,17,19). The smallest absolute Gasteiger partial charge is 0.256 e. The predicted octanol–water partition coefficient (Wildman–Crippen LogP) is 1.31. The summed E-state index contributed by atoms with van der Waals surface area (Å²) < 4.78 is 0. The van der Waals surface area contributed by atoms with Crippen molar-refractivity contribution in [2.45, 2.75) is 39.0 Å². The SMILES string of the molecule is Cc1ncc(C(=O)N(C)CCCCCCC(=O)NO)cn1. The number of amides is 2. The van der Waals surface area contributed by atoms with E-state index in [0.29, 0.717) is 24.4 Å². The Balaban J connectivity index is 2.21. The zero-order valence-electron chi connectivity index (χ0n) is 12.5. The Morgan fingerprint density at radius 2 is 1.81 bits per heavy atom. The predicted molar refractivity (Wildman–Crippen MR) is 76.7 cm³/mol. The van der Waals surface area contributed by atoms with Crippen molar-refractivity contribution in [3.63, 3.8) is 0 Å². The van der Waals surface area contributed by atoms with Crippen LogP contribution in [0.25, 0.3) is 0 Å². The molecule has 0 aliphatic rings. The van der Waals surface area contributed by atoms with Gasteiger partial charge in [0.2, 0.25) is 5.91 Å². The summed E-state index contributed by atoms with van der Waals surface area (Å²) in [5, 5.41) is 8.34. The van der Waals surface area contributed by atoms with Crippen molar-refractivity contribution in [1.29, 1.82) is 0 Å². The molecule has 0 radical (unpaired) electrons. The summed E-state index contributed by atoms with van der Waals surface area (Å²) in [6.45, 7) is 2.42. The maximum absolute atomic E-state index is 12.1. The first-order valence-electron chi connectivity index (χ1n) is 7.01. The fourth-order valence-electron chi connectivity index (χ4n) is 1.87. The summed E-state index contributed by atoms with van der Waals surface area (Å²) in [5.74, 6) is 0.192. The molecule has 7 heteroatoms. The van der Waals surface area contributed by atoms with Crippen LogP contribution in [-0.2, 0) is 4.79 Å². The lowest BCUT2D eigenvalue weighted by Gasteiger charge is -2.16. The van der Waals surface area contributed by atoms with Gasteiger partial charge in [-0.25, -0.2) is 15.4 Å². The number of hydroxylamine groups is 1. The zero-order chi connectivity index (χ0) is 15.7. The van der Waals surface area contributed by atoms with Crippen molar-refractivity contribution in [2.24, 2.45) is 0 Å². The molecule has 2 amide bonds. The Morgan fingerprint density at radius 1 is 1.19 bits per heavy atom. The van der Waals surface area contributed by atoms with Crippen LogP contribution in [0.1, 0.15) is 48.3 Å². The van der Waals surface area contributed by atoms with E-state index < -0.39 is 0 Å². The molecule has 1 heterocycles. The van der Waals surface area contributed by atoms with Gasteiger partial charge >= 0.3 is 0 Å². The summed E-state index contributed by atoms with van der Waals surface area (Å²) in [5.41, 5.74) is 2.10. The number of carbonyl (C=O) groups excluding carboxylic acids is 2. The number of aromatic nitrogens is 2. The van der Waals surface area contributed by atoms with Crippen LogP contribution in [0.2, 0.25) is 0 Å². The third-order valence-corrected chi connectivity index (χ3v) is 3.15. The van der Waals surface area contributed by atoms with Crippen LogP contribution in [0.4, 0.5) is 0 Å². The fourth-order valence-corrected chi connectivity index (χ4v) is 1.87. The first-order chi connectivity index (χ1) is 10.0. The Labute approximate surface area is 124 Å². The molecule has 1 rings (SSSR count). The maximum atomic E-state index is 12.1. The van der Waals surface area contributed by atoms with Crippen molar-refractivity contribution in [3.8, 4) is 0 Å². The largest absolute Gasteiger partial charge is 0.342 e. The monoisotopic (exact) mass is 294 g/mol. The van der Waals surface area contributed by atoms with Crippen LogP contribution in [0.5, 0.6) is 0 Å². The van der Waals surface area contributed by atoms with Gasteiger partial charge in [0.05, 0.1) is 5.56 Å². The van der Waals surface area contributed by atoms with E-state index in [2.05, 4.69) is 9.97 Å². The first kappa shape index (κ1) is 17.0. The van der Waals surface area contributed by atoms with Gasteiger partial charge in [-0.05, 0) is 19.8 Å². The number of unbranched alkanes of at least 4 members (excludes halogenated alkanes) is 3. The molecule has 0 aromatic carbocycles. The molecule has 0 atom stereocenters. The van der Waals surface area contributed by atoms with Crippen LogP contribution in [-0.4, -0.2) is 45.5 Å². The summed E-state index contributed by atoms with van der Waals surface area (Å²) in [4.78, 5) is 32.5. The van der Waals surface area contributed by atoms with Gasteiger partial charge in [0.1, 0.15) is 5.82 Å². The van der Waals surface area contributed by atoms with E-state index in [1.54, 1.807) is 24.4 Å². The van der Waals surface area contributed by atoms with E-state index in [9.17, 15) is 9.59 Å². The van der Waals surface area contributed by atoms with Crippen molar-refractivity contribution in [2.75, 3.05) is 13.6 Å². The Morgan fingerprint density at radius 3 is 2.43 bits per heavy atom. The molecule has 0 saturated carbocycles. The van der Waals surface area contributed by atoms with Crippen LogP contribution >= 0.6 is 0 Å². The van der Waals surface area contributed by atoms with Crippen LogP contribution in [0.15, 0.2) is 12.4 Å². The highest BCUT2D eigenvalue weighted by Gasteiger charge is 2.11. The topological polar surface area (TPSA) is 95.4 Å². The van der Waals surface area contributed by atoms with E-state index in [0.717, 1.165) is 25.7 Å². The van der Waals surface area contributed by atoms with Gasteiger partial charge in [0.15, 0.2) is 0 Å². The van der Waals surface area contributed by atoms with Crippen LogP contribution < -0.4 is 5.48 Å². The highest BCUT2D eigenvalue weighted by molar-refractivity contribution is 5.93. The molecule has 116 valence electrons. The van der Waals surface area contributed by atoms with Crippen molar-refractivity contribution < 1.29 is 14.8 Å². The molecule has 1 aromatic heterocycles. The Kier molecular flexibility index (Phi) is 7.31. The lowest BCUT2D eigenvalue weighted by molar-refractivity contribution is -0.129. The van der Waals surface area contributed by atoms with E-state index in [-0.39, 0.29) is 11.8 Å². The Hall–Kier alpha value is -2.02. The second kappa shape index (κ2) is 9.02. The number of nitrogens with one attached hydrogen (secondary N) is 1. The van der Waals surface area contributed by atoms with Gasteiger partial charge < -0.3 is 4.90 Å². The summed E-state index contributed by atoms with van der Waals surface area (Å²) in [6, 6.07) is 0. The van der Waals surface area contributed by atoms with Crippen LogP contribution in [0, 0.1) is 6.92 Å². The second-order valence-electron chi connectivity index (χ2n) is 4.94. The van der Waals surface area contributed by atoms with Gasteiger partial charge in [0, 0.05) is 32.4 Å². The molecule has 21 heavy (non-hydrogen) atoms. The third-order valence-electron chi connectivity index (χ3n) is 3.15. The highest BCUT2D eigenvalue weighted by Crippen LogP contribution is 2.06. The molecule has 0 spiro atoms. The van der Waals surface area contributed by atoms with Gasteiger partial charge in [-0.15, -0.1) is 0 Å². The number of carbonyl (C=O) groups is 2. The summed E-state index contributed by atoms with van der Waals surface area (Å²) >= 11 is 0. The molecule has 0 unspecified atom stereocenters. The van der Waals surface area contributed by atoms with Crippen molar-refractivity contribution in [1.82, 2.24) is 20.3 Å². The molecule has 0 fully saturated rings. The molecule has 7 nitrogen and oxygen atoms in total. The normalized spacial score (nSPS) is 10.2. The summed E-state index contributed by atoms with van der Waals surface area (Å²) in [7, 11) is 1.75. The number of hydrogen-bond donors (Lipinski definition) is 2. The minimum atomic E-state index is -0.360. The number of nitrogens with zero attached hydrogens (tertiary/aromatic N) is 3. The average molecular weight is 294 g/mol. The molecule has 0 aliphatic heterocycles. The van der Waals surface area contributed by atoms with Crippen molar-refractivity contribution >= 4 is 11.8 Å². The number of rotatable bonds is 8. The second-order valence-corrected chi connectivity index (χ2v) is 4.94. The molecule has 1 aromatic rings. The lowest BCUT2D eigenvalue weighted by Crippen LogP contribution is -2.28. The Bertz CT molecular complexity index is 462. The van der Waals surface area contributed by atoms with E-state index >= 15 is 0 Å². The van der Waals surface area contributed by atoms with Gasteiger partial charge in [-0.3, -0.25) is 14.8 Å².